The second kappa shape index (κ2) is 6.93. The normalized spacial score (nSPS) is 10.5. The minimum Gasteiger partial charge on any atom is -0.325 e. The van der Waals surface area contributed by atoms with Crippen molar-refractivity contribution in [3.8, 4) is 22.0 Å². The highest BCUT2D eigenvalue weighted by molar-refractivity contribution is 7.98. The van der Waals surface area contributed by atoms with E-state index >= 15 is 0 Å². The van der Waals surface area contributed by atoms with E-state index in [2.05, 4.69) is 15.3 Å². The van der Waals surface area contributed by atoms with E-state index in [1.54, 1.807) is 29.3 Å². The van der Waals surface area contributed by atoms with E-state index in [1.807, 2.05) is 48.0 Å². The lowest BCUT2D eigenvalue weighted by atomic mass is 10.1. The highest BCUT2D eigenvalue weighted by atomic mass is 32.2. The number of hydrogen-bond acceptors (Lipinski definition) is 5. The standard InChI is InChI=1S/C17H15N3OS2/c1-11(21)19-14-9-12(6-7-16(14)22-2)15-10-23-17(20-15)13-5-3-4-8-18-13/h3-10H,1-2H3,(H,19,21). The van der Waals surface area contributed by atoms with Crippen molar-refractivity contribution >= 4 is 34.7 Å². The second-order valence-electron chi connectivity index (χ2n) is 4.85. The first-order chi connectivity index (χ1) is 11.2. The SMILES string of the molecule is CSc1ccc(-c2csc(-c3ccccn3)n2)cc1NC(C)=O. The molecule has 4 nitrogen and oxygen atoms in total. The highest BCUT2D eigenvalue weighted by Gasteiger charge is 2.10. The molecule has 1 amide bonds. The monoisotopic (exact) mass is 341 g/mol. The molecule has 116 valence electrons. The van der Waals surface area contributed by atoms with Gasteiger partial charge in [-0.1, -0.05) is 12.1 Å². The Bertz CT molecular complexity index is 831. The summed E-state index contributed by atoms with van der Waals surface area (Å²) < 4.78 is 0. The molecule has 3 rings (SSSR count). The molecule has 2 aromatic heterocycles. The molecule has 0 aliphatic rings. The van der Waals surface area contributed by atoms with Gasteiger partial charge in [-0.05, 0) is 30.5 Å². The van der Waals surface area contributed by atoms with Crippen LogP contribution in [0.3, 0.4) is 0 Å². The van der Waals surface area contributed by atoms with Crippen LogP contribution in [0.25, 0.3) is 22.0 Å². The van der Waals surface area contributed by atoms with E-state index < -0.39 is 0 Å². The number of amides is 1. The van der Waals surface area contributed by atoms with E-state index in [-0.39, 0.29) is 5.91 Å². The van der Waals surface area contributed by atoms with Gasteiger partial charge in [0.05, 0.1) is 17.1 Å². The average Bonchev–Trinajstić information content (AvgIpc) is 3.05. The molecule has 0 spiro atoms. The van der Waals surface area contributed by atoms with Crippen molar-refractivity contribution in [3.05, 3.63) is 48.0 Å². The maximum Gasteiger partial charge on any atom is 0.221 e. The maximum atomic E-state index is 11.4. The Hall–Kier alpha value is -2.18. The largest absolute Gasteiger partial charge is 0.325 e. The summed E-state index contributed by atoms with van der Waals surface area (Å²) in [5, 5.41) is 5.77. The zero-order valence-electron chi connectivity index (χ0n) is 12.7. The minimum atomic E-state index is -0.0788. The fraction of sp³-hybridized carbons (Fsp3) is 0.118. The van der Waals surface area contributed by atoms with E-state index in [0.717, 1.165) is 32.5 Å². The van der Waals surface area contributed by atoms with Gasteiger partial charge in [0.25, 0.3) is 0 Å². The number of nitrogens with one attached hydrogen (secondary N) is 1. The summed E-state index contributed by atoms with van der Waals surface area (Å²) in [6.07, 6.45) is 3.75. The number of thiazole rings is 1. The van der Waals surface area contributed by atoms with Crippen molar-refractivity contribution in [1.29, 1.82) is 0 Å². The minimum absolute atomic E-state index is 0.0788. The lowest BCUT2D eigenvalue weighted by Gasteiger charge is -2.09. The summed E-state index contributed by atoms with van der Waals surface area (Å²) in [5.41, 5.74) is 3.54. The van der Waals surface area contributed by atoms with E-state index in [9.17, 15) is 4.79 Å². The Balaban J connectivity index is 1.96. The van der Waals surface area contributed by atoms with Gasteiger partial charge in [0.2, 0.25) is 5.91 Å². The van der Waals surface area contributed by atoms with Gasteiger partial charge in [-0.2, -0.15) is 0 Å². The Morgan fingerprint density at radius 1 is 1.22 bits per heavy atom. The van der Waals surface area contributed by atoms with Crippen molar-refractivity contribution in [2.75, 3.05) is 11.6 Å². The van der Waals surface area contributed by atoms with Crippen molar-refractivity contribution in [2.24, 2.45) is 0 Å². The molecule has 0 aliphatic carbocycles. The number of rotatable bonds is 4. The topological polar surface area (TPSA) is 54.9 Å². The first-order valence-electron chi connectivity index (χ1n) is 7.00. The van der Waals surface area contributed by atoms with Crippen LogP contribution in [0, 0.1) is 0 Å². The number of thioether (sulfide) groups is 1. The number of carbonyl (C=O) groups is 1. The lowest BCUT2D eigenvalue weighted by molar-refractivity contribution is -0.114. The number of nitrogens with zero attached hydrogens (tertiary/aromatic N) is 2. The first-order valence-corrected chi connectivity index (χ1v) is 9.11. The molecule has 6 heteroatoms. The molecule has 0 atom stereocenters. The van der Waals surface area contributed by atoms with Crippen molar-refractivity contribution in [2.45, 2.75) is 11.8 Å². The van der Waals surface area contributed by atoms with Gasteiger partial charge in [0, 0.05) is 29.0 Å². The average molecular weight is 341 g/mol. The predicted octanol–water partition coefficient (Wildman–Crippen LogP) is 4.55. The van der Waals surface area contributed by atoms with Crippen molar-refractivity contribution in [1.82, 2.24) is 9.97 Å². The second-order valence-corrected chi connectivity index (χ2v) is 6.56. The van der Waals surface area contributed by atoms with Gasteiger partial charge in [0.15, 0.2) is 0 Å². The van der Waals surface area contributed by atoms with Crippen molar-refractivity contribution < 1.29 is 4.79 Å². The number of pyridine rings is 1. The molecule has 1 N–H and O–H groups in total. The molecule has 0 saturated carbocycles. The molecule has 0 radical (unpaired) electrons. The Morgan fingerprint density at radius 3 is 2.78 bits per heavy atom. The van der Waals surface area contributed by atoms with Crippen LogP contribution in [0.1, 0.15) is 6.92 Å². The molecule has 0 bridgehead atoms. The number of aromatic nitrogens is 2. The molecular weight excluding hydrogens is 326 g/mol. The Labute approximate surface area is 143 Å². The summed E-state index contributed by atoms with van der Waals surface area (Å²) >= 11 is 3.16. The van der Waals surface area contributed by atoms with Gasteiger partial charge >= 0.3 is 0 Å². The van der Waals surface area contributed by atoms with Gasteiger partial charge in [-0.15, -0.1) is 23.1 Å². The third-order valence-electron chi connectivity index (χ3n) is 3.19. The smallest absolute Gasteiger partial charge is 0.221 e. The van der Waals surface area contributed by atoms with Gasteiger partial charge in [-0.25, -0.2) is 4.98 Å². The third-order valence-corrected chi connectivity index (χ3v) is 4.85. The zero-order chi connectivity index (χ0) is 16.2. The zero-order valence-corrected chi connectivity index (χ0v) is 14.4. The van der Waals surface area contributed by atoms with E-state index in [4.69, 9.17) is 0 Å². The van der Waals surface area contributed by atoms with Crippen LogP contribution >= 0.6 is 23.1 Å². The fourth-order valence-corrected chi connectivity index (χ4v) is 3.51. The summed E-state index contributed by atoms with van der Waals surface area (Å²) in [5.74, 6) is -0.0788. The molecule has 2 heterocycles. The molecule has 0 unspecified atom stereocenters. The highest BCUT2D eigenvalue weighted by Crippen LogP contribution is 2.33. The molecule has 0 fully saturated rings. The van der Waals surface area contributed by atoms with E-state index in [0.29, 0.717) is 0 Å². The van der Waals surface area contributed by atoms with Crippen LogP contribution in [0.15, 0.2) is 52.9 Å². The fourth-order valence-electron chi connectivity index (χ4n) is 2.17. The molecule has 0 aliphatic heterocycles. The summed E-state index contributed by atoms with van der Waals surface area (Å²) in [7, 11) is 0. The van der Waals surface area contributed by atoms with Gasteiger partial charge < -0.3 is 5.32 Å². The number of benzene rings is 1. The first kappa shape index (κ1) is 15.7. The lowest BCUT2D eigenvalue weighted by Crippen LogP contribution is -2.06. The Kier molecular flexibility index (Phi) is 4.73. The van der Waals surface area contributed by atoms with Crippen LogP contribution in [0.4, 0.5) is 5.69 Å². The molecule has 3 aromatic rings. The number of anilines is 1. The third kappa shape index (κ3) is 3.60. The molecular formula is C17H15N3OS2. The quantitative estimate of drug-likeness (QED) is 0.707. The predicted molar refractivity (Wildman–Crippen MR) is 96.9 cm³/mol. The summed E-state index contributed by atoms with van der Waals surface area (Å²) in [6.45, 7) is 1.51. The summed E-state index contributed by atoms with van der Waals surface area (Å²) in [4.78, 5) is 21.4. The van der Waals surface area contributed by atoms with Gasteiger partial charge in [0.1, 0.15) is 5.01 Å². The Morgan fingerprint density at radius 2 is 2.09 bits per heavy atom. The number of hydrogen-bond donors (Lipinski definition) is 1. The van der Waals surface area contributed by atoms with Crippen LogP contribution in [0.2, 0.25) is 0 Å². The van der Waals surface area contributed by atoms with Gasteiger partial charge in [-0.3, -0.25) is 9.78 Å². The van der Waals surface area contributed by atoms with Crippen LogP contribution in [-0.2, 0) is 4.79 Å². The van der Waals surface area contributed by atoms with Crippen LogP contribution in [-0.4, -0.2) is 22.1 Å². The molecule has 0 saturated heterocycles. The summed E-state index contributed by atoms with van der Waals surface area (Å²) in [6, 6.07) is 11.8. The van der Waals surface area contributed by atoms with Crippen molar-refractivity contribution in [3.63, 3.8) is 0 Å². The van der Waals surface area contributed by atoms with Crippen LogP contribution in [0.5, 0.6) is 0 Å². The van der Waals surface area contributed by atoms with Crippen LogP contribution < -0.4 is 5.32 Å². The molecule has 23 heavy (non-hydrogen) atoms. The number of carbonyl (C=O) groups excluding carboxylic acids is 1. The maximum absolute atomic E-state index is 11.4. The van der Waals surface area contributed by atoms with E-state index in [1.165, 1.54) is 6.92 Å². The molecule has 1 aromatic carbocycles.